The van der Waals surface area contributed by atoms with E-state index in [1.165, 1.54) is 14.2 Å². The minimum atomic E-state index is -0.460. The van der Waals surface area contributed by atoms with Crippen molar-refractivity contribution in [2.45, 2.75) is 214 Å². The Balaban J connectivity index is 7.11. The van der Waals surface area contributed by atoms with Crippen molar-refractivity contribution in [2.75, 3.05) is 263 Å². The van der Waals surface area contributed by atoms with Crippen LogP contribution in [0.2, 0.25) is 0 Å². The lowest BCUT2D eigenvalue weighted by atomic mass is 10.2. The molecule has 0 unspecified atom stereocenters. The van der Waals surface area contributed by atoms with Crippen LogP contribution in [0, 0.1) is 47.3 Å². The standard InChI is InChI=1S/C96H184N22O18/c1-73(2)65-103-87(125)25-45-113(46-26-88(126)104-66-74(3)4)59-37-97-81(119)19-41-111(42-20-82(120)98-38-60-114(47-27-89(127)105-67-75(5)6)48-28-90(128)106-68-76(7)8)57-35-101-85(123)23-53-117(63-64-118(55-33-95(133)135-17)56-34-96(134)136-18)54-24-86(124)102-36-58-112(43-21-83(121)99-39-61-115(49-29-91(129)107-69-77(9)10)50-30-92(130)108-70-78(11)12)44-22-84(122)100-40-62-116(51-31-93(131)109-71-79(13)14)52-32-94(132)110-72-80(15)16/h73-80H,19-72H2,1-18H3,(H,97,119)(H,98,120)(H,99,121)(H,100,122)(H,101,123)(H,102,124)(H,103,125)(H,104,126)(H,105,127)(H,106,128)(H,107,129)(H,108,130)(H,109,131)(H,110,132). The molecule has 40 heteroatoms. The number of carbonyl (C=O) groups is 16. The molecule has 0 spiro atoms. The summed E-state index contributed by atoms with van der Waals surface area (Å²) in [5.41, 5.74) is 0. The van der Waals surface area contributed by atoms with Gasteiger partial charge in [0.2, 0.25) is 82.7 Å². The van der Waals surface area contributed by atoms with Gasteiger partial charge in [-0.1, -0.05) is 111 Å². The average Bonchev–Trinajstić information content (AvgIpc) is 1.08. The van der Waals surface area contributed by atoms with Crippen molar-refractivity contribution in [1.29, 1.82) is 0 Å². The predicted molar refractivity (Wildman–Crippen MR) is 530 cm³/mol. The van der Waals surface area contributed by atoms with Crippen LogP contribution in [-0.4, -0.2) is 397 Å². The van der Waals surface area contributed by atoms with Crippen LogP contribution in [0.4, 0.5) is 0 Å². The van der Waals surface area contributed by atoms with E-state index in [4.69, 9.17) is 9.47 Å². The van der Waals surface area contributed by atoms with E-state index in [0.29, 0.717) is 137 Å². The van der Waals surface area contributed by atoms with Gasteiger partial charge in [0.05, 0.1) is 27.1 Å². The van der Waals surface area contributed by atoms with Crippen molar-refractivity contribution < 1.29 is 86.2 Å². The van der Waals surface area contributed by atoms with Crippen molar-refractivity contribution in [3.8, 4) is 0 Å². The number of hydrogen-bond donors (Lipinski definition) is 14. The van der Waals surface area contributed by atoms with Gasteiger partial charge in [-0.3, -0.25) is 76.7 Å². The molecule has 0 saturated carbocycles. The van der Waals surface area contributed by atoms with Gasteiger partial charge in [0.25, 0.3) is 0 Å². The third-order valence-corrected chi connectivity index (χ3v) is 21.8. The molecule has 0 fully saturated rings. The van der Waals surface area contributed by atoms with Gasteiger partial charge < -0.3 is 123 Å². The molecule has 0 heterocycles. The number of rotatable bonds is 85. The van der Waals surface area contributed by atoms with Crippen LogP contribution in [0.1, 0.15) is 214 Å². The van der Waals surface area contributed by atoms with Gasteiger partial charge in [0, 0.05) is 339 Å². The van der Waals surface area contributed by atoms with E-state index in [1.807, 2.05) is 150 Å². The molecule has 0 saturated heterocycles. The Bertz CT molecular complexity index is 2910. The molecule has 0 aromatic rings. The Hall–Kier alpha value is -8.80. The van der Waals surface area contributed by atoms with Crippen molar-refractivity contribution >= 4 is 94.6 Å². The quantitative estimate of drug-likeness (QED) is 0.0376. The summed E-state index contributed by atoms with van der Waals surface area (Å²) < 4.78 is 9.88. The maximum absolute atomic E-state index is 14.1. The highest BCUT2D eigenvalue weighted by atomic mass is 16.5. The van der Waals surface area contributed by atoms with E-state index in [-0.39, 0.29) is 344 Å². The lowest BCUT2D eigenvalue weighted by Crippen LogP contribution is -2.43. The molecule has 0 aliphatic carbocycles. The predicted octanol–water partition coefficient (Wildman–Crippen LogP) is 0.865. The third kappa shape index (κ3) is 79.2. The first kappa shape index (κ1) is 127. The minimum absolute atomic E-state index is 0.0194. The maximum Gasteiger partial charge on any atom is 0.306 e. The van der Waals surface area contributed by atoms with Crippen molar-refractivity contribution in [3.05, 3.63) is 0 Å². The Kier molecular flexibility index (Phi) is 74.9. The van der Waals surface area contributed by atoms with Gasteiger partial charge in [-0.15, -0.1) is 0 Å². The van der Waals surface area contributed by atoms with Gasteiger partial charge in [0.15, 0.2) is 0 Å². The highest BCUT2D eigenvalue weighted by molar-refractivity contribution is 5.81. The molecule has 0 rings (SSSR count). The molecule has 136 heavy (non-hydrogen) atoms. The first-order valence-corrected chi connectivity index (χ1v) is 50.2. The number of ether oxygens (including phenoxy) is 2. The molecule has 786 valence electrons. The summed E-state index contributed by atoms with van der Waals surface area (Å²) in [4.78, 5) is 226. The highest BCUT2D eigenvalue weighted by Crippen LogP contribution is 2.09. The van der Waals surface area contributed by atoms with Crippen LogP contribution < -0.4 is 74.4 Å². The van der Waals surface area contributed by atoms with E-state index in [2.05, 4.69) is 74.4 Å². The number of nitrogens with zero attached hydrogens (tertiary/aromatic N) is 8. The largest absolute Gasteiger partial charge is 0.469 e. The molecule has 0 radical (unpaired) electrons. The number of amides is 14. The van der Waals surface area contributed by atoms with Gasteiger partial charge in [0.1, 0.15) is 0 Å². The summed E-state index contributed by atoms with van der Waals surface area (Å²) in [6.45, 7) is 44.4. The summed E-state index contributed by atoms with van der Waals surface area (Å²) in [6.07, 6.45) is 1.68. The second-order valence-corrected chi connectivity index (χ2v) is 38.6. The van der Waals surface area contributed by atoms with Crippen molar-refractivity contribution in [3.63, 3.8) is 0 Å². The number of carbonyl (C=O) groups excluding carboxylic acids is 16. The Morgan fingerprint density at radius 3 is 0.368 bits per heavy atom. The molecule has 14 N–H and O–H groups in total. The molecule has 0 bridgehead atoms. The first-order chi connectivity index (χ1) is 64.5. The Morgan fingerprint density at radius 2 is 0.257 bits per heavy atom. The van der Waals surface area contributed by atoms with Gasteiger partial charge in [-0.25, -0.2) is 0 Å². The Labute approximate surface area is 814 Å². The molecule has 0 aliphatic rings. The molecular weight excluding hydrogens is 1750 g/mol. The molecular formula is C96H184N22O18. The number of methoxy groups -OCH3 is 2. The fourth-order valence-electron chi connectivity index (χ4n) is 13.2. The second kappa shape index (κ2) is 80.1. The lowest BCUT2D eigenvalue weighted by molar-refractivity contribution is -0.141. The van der Waals surface area contributed by atoms with Gasteiger partial charge in [-0.2, -0.15) is 0 Å². The zero-order valence-corrected chi connectivity index (χ0v) is 86.7. The second-order valence-electron chi connectivity index (χ2n) is 38.6. The summed E-state index contributed by atoms with van der Waals surface area (Å²) in [5.74, 6) is -1.55. The highest BCUT2D eigenvalue weighted by Gasteiger charge is 2.23. The lowest BCUT2D eigenvalue weighted by Gasteiger charge is -2.27. The number of hydrogen-bond acceptors (Lipinski definition) is 26. The Morgan fingerprint density at radius 1 is 0.154 bits per heavy atom. The SMILES string of the molecule is COC(=O)CCN(CCC(=O)OC)CCN(CCC(=O)NCCN(CCC(=O)NCCN(CCC(=O)NCC(C)C)CCC(=O)NCC(C)C)CCC(=O)NCCN(CCC(=O)NCC(C)C)CCC(=O)NCC(C)C)CCC(=O)NCCN(CCC(=O)NCCN(CCC(=O)NCC(C)C)CCC(=O)NCC(C)C)CCC(=O)NCCN(CCC(=O)NCC(C)C)CCC(=O)NCC(C)C. The molecule has 0 aromatic carbocycles. The summed E-state index contributed by atoms with van der Waals surface area (Å²) in [5, 5.41) is 41.5. The topological polar surface area (TPSA) is 486 Å². The fraction of sp³-hybridized carbons (Fsp3) is 0.833. The van der Waals surface area contributed by atoms with Crippen LogP contribution in [-0.2, 0) is 86.2 Å². The molecule has 0 aromatic heterocycles. The fourth-order valence-corrected chi connectivity index (χ4v) is 13.2. The van der Waals surface area contributed by atoms with Crippen LogP contribution in [0.5, 0.6) is 0 Å². The summed E-state index contributed by atoms with van der Waals surface area (Å²) in [7, 11) is 2.56. The average molecular weight is 1930 g/mol. The molecule has 14 amide bonds. The molecule has 0 aliphatic heterocycles. The smallest absolute Gasteiger partial charge is 0.306 e. The number of nitrogens with one attached hydrogen (secondary N) is 14. The third-order valence-electron chi connectivity index (χ3n) is 21.8. The van der Waals surface area contributed by atoms with Gasteiger partial charge in [-0.05, 0) is 47.3 Å². The van der Waals surface area contributed by atoms with E-state index in [9.17, 15) is 76.7 Å². The van der Waals surface area contributed by atoms with Gasteiger partial charge >= 0.3 is 11.9 Å². The molecule has 0 atom stereocenters. The van der Waals surface area contributed by atoms with Crippen LogP contribution >= 0.6 is 0 Å². The normalized spacial score (nSPS) is 11.6. The zero-order valence-electron chi connectivity index (χ0n) is 86.7. The van der Waals surface area contributed by atoms with E-state index < -0.39 is 11.9 Å². The summed E-state index contributed by atoms with van der Waals surface area (Å²) in [6, 6.07) is 0. The van der Waals surface area contributed by atoms with E-state index in [0.717, 1.165) is 0 Å². The van der Waals surface area contributed by atoms with E-state index in [1.54, 1.807) is 0 Å². The number of esters is 2. The molecule has 40 nitrogen and oxygen atoms in total. The summed E-state index contributed by atoms with van der Waals surface area (Å²) >= 11 is 0. The van der Waals surface area contributed by atoms with Crippen molar-refractivity contribution in [1.82, 2.24) is 114 Å². The van der Waals surface area contributed by atoms with Crippen molar-refractivity contribution in [2.24, 2.45) is 47.3 Å². The monoisotopic (exact) mass is 1930 g/mol. The maximum atomic E-state index is 14.1. The van der Waals surface area contributed by atoms with E-state index >= 15 is 0 Å². The zero-order chi connectivity index (χ0) is 102. The van der Waals surface area contributed by atoms with Crippen LogP contribution in [0.3, 0.4) is 0 Å². The minimum Gasteiger partial charge on any atom is -0.469 e. The first-order valence-electron chi connectivity index (χ1n) is 50.2. The van der Waals surface area contributed by atoms with Crippen LogP contribution in [0.25, 0.3) is 0 Å². The van der Waals surface area contributed by atoms with Crippen LogP contribution in [0.15, 0.2) is 0 Å².